The molecule has 0 unspecified atom stereocenters. The molecular formula is C16H19NO2. The van der Waals surface area contributed by atoms with Crippen molar-refractivity contribution >= 4 is 12.2 Å². The second-order valence-electron chi connectivity index (χ2n) is 4.97. The van der Waals surface area contributed by atoms with Gasteiger partial charge in [0.2, 0.25) is 0 Å². The number of hydrogen-bond acceptors (Lipinski definition) is 2. The summed E-state index contributed by atoms with van der Waals surface area (Å²) in [7, 11) is 0. The van der Waals surface area contributed by atoms with Crippen molar-refractivity contribution in [2.75, 3.05) is 13.1 Å². The van der Waals surface area contributed by atoms with Crippen LogP contribution in [0.1, 0.15) is 23.2 Å². The Labute approximate surface area is 113 Å². The molecule has 1 aromatic rings. The SMILES string of the molecule is C=C[C@H]1CN(C(=O)c2ccccc2)CC[C@H]1CC=O. The summed E-state index contributed by atoms with van der Waals surface area (Å²) in [6, 6.07) is 9.32. The fourth-order valence-corrected chi connectivity index (χ4v) is 2.66. The molecule has 0 aliphatic carbocycles. The van der Waals surface area contributed by atoms with E-state index in [1.807, 2.05) is 41.3 Å². The van der Waals surface area contributed by atoms with Crippen LogP contribution in [0.4, 0.5) is 0 Å². The van der Waals surface area contributed by atoms with Crippen LogP contribution in [0.3, 0.4) is 0 Å². The van der Waals surface area contributed by atoms with Gasteiger partial charge in [-0.2, -0.15) is 0 Å². The van der Waals surface area contributed by atoms with Gasteiger partial charge < -0.3 is 9.69 Å². The number of likely N-dealkylation sites (tertiary alicyclic amines) is 1. The molecule has 1 aliphatic heterocycles. The number of amides is 1. The molecule has 0 saturated carbocycles. The van der Waals surface area contributed by atoms with Crippen molar-refractivity contribution in [3.05, 3.63) is 48.6 Å². The molecule has 3 heteroatoms. The average Bonchev–Trinajstić information content (AvgIpc) is 2.48. The van der Waals surface area contributed by atoms with E-state index in [0.717, 1.165) is 24.8 Å². The lowest BCUT2D eigenvalue weighted by Gasteiger charge is -2.36. The number of piperidine rings is 1. The second kappa shape index (κ2) is 6.32. The Morgan fingerprint density at radius 2 is 2.11 bits per heavy atom. The smallest absolute Gasteiger partial charge is 0.253 e. The third kappa shape index (κ3) is 3.11. The van der Waals surface area contributed by atoms with Crippen molar-refractivity contribution in [2.24, 2.45) is 11.8 Å². The summed E-state index contributed by atoms with van der Waals surface area (Å²) in [5.41, 5.74) is 0.721. The Balaban J connectivity index is 2.05. The first-order valence-corrected chi connectivity index (χ1v) is 6.66. The quantitative estimate of drug-likeness (QED) is 0.614. The summed E-state index contributed by atoms with van der Waals surface area (Å²) in [5, 5.41) is 0. The van der Waals surface area contributed by atoms with Crippen LogP contribution in [0.15, 0.2) is 43.0 Å². The molecule has 0 radical (unpaired) electrons. The van der Waals surface area contributed by atoms with Gasteiger partial charge in [-0.25, -0.2) is 0 Å². The molecule has 2 rings (SSSR count). The Morgan fingerprint density at radius 3 is 2.74 bits per heavy atom. The standard InChI is InChI=1S/C16H19NO2/c1-2-13-12-17(10-8-14(13)9-11-18)16(19)15-6-4-3-5-7-15/h2-7,11,13-14H,1,8-10,12H2/t13-,14-/m0/s1. The topological polar surface area (TPSA) is 37.4 Å². The highest BCUT2D eigenvalue weighted by atomic mass is 16.2. The third-order valence-electron chi connectivity index (χ3n) is 3.82. The fraction of sp³-hybridized carbons (Fsp3) is 0.375. The van der Waals surface area contributed by atoms with Crippen LogP contribution >= 0.6 is 0 Å². The van der Waals surface area contributed by atoms with E-state index in [1.54, 1.807) is 0 Å². The van der Waals surface area contributed by atoms with Gasteiger partial charge >= 0.3 is 0 Å². The molecule has 1 amide bonds. The zero-order chi connectivity index (χ0) is 13.7. The van der Waals surface area contributed by atoms with Crippen LogP contribution in [0, 0.1) is 11.8 Å². The summed E-state index contributed by atoms with van der Waals surface area (Å²) in [6.45, 7) is 5.21. The van der Waals surface area contributed by atoms with Crippen LogP contribution in [0.5, 0.6) is 0 Å². The molecule has 1 heterocycles. The van der Waals surface area contributed by atoms with Crippen molar-refractivity contribution in [1.82, 2.24) is 4.90 Å². The van der Waals surface area contributed by atoms with Crippen LogP contribution in [0.25, 0.3) is 0 Å². The Bertz CT molecular complexity index is 455. The minimum Gasteiger partial charge on any atom is -0.338 e. The number of aldehydes is 1. The van der Waals surface area contributed by atoms with Gasteiger partial charge in [0, 0.05) is 25.1 Å². The Morgan fingerprint density at radius 1 is 1.37 bits per heavy atom. The number of hydrogen-bond donors (Lipinski definition) is 0. The van der Waals surface area contributed by atoms with E-state index in [0.29, 0.717) is 18.9 Å². The Kier molecular flexibility index (Phi) is 4.50. The molecule has 1 saturated heterocycles. The summed E-state index contributed by atoms with van der Waals surface area (Å²) >= 11 is 0. The maximum Gasteiger partial charge on any atom is 0.253 e. The first kappa shape index (κ1) is 13.5. The molecule has 100 valence electrons. The molecule has 1 fully saturated rings. The summed E-state index contributed by atoms with van der Waals surface area (Å²) in [4.78, 5) is 24.9. The maximum atomic E-state index is 12.3. The lowest BCUT2D eigenvalue weighted by molar-refractivity contribution is -0.109. The monoisotopic (exact) mass is 257 g/mol. The van der Waals surface area contributed by atoms with E-state index < -0.39 is 0 Å². The molecule has 3 nitrogen and oxygen atoms in total. The molecular weight excluding hydrogens is 238 g/mol. The lowest BCUT2D eigenvalue weighted by Crippen LogP contribution is -2.43. The van der Waals surface area contributed by atoms with Gasteiger partial charge in [0.1, 0.15) is 6.29 Å². The van der Waals surface area contributed by atoms with Crippen molar-refractivity contribution in [3.8, 4) is 0 Å². The first-order valence-electron chi connectivity index (χ1n) is 6.66. The van der Waals surface area contributed by atoms with E-state index in [9.17, 15) is 9.59 Å². The van der Waals surface area contributed by atoms with Gasteiger partial charge in [0.05, 0.1) is 0 Å². The molecule has 2 atom stereocenters. The number of carbonyl (C=O) groups is 2. The van der Waals surface area contributed by atoms with Crippen molar-refractivity contribution in [3.63, 3.8) is 0 Å². The Hall–Kier alpha value is -1.90. The molecule has 19 heavy (non-hydrogen) atoms. The maximum absolute atomic E-state index is 12.3. The van der Waals surface area contributed by atoms with Gasteiger partial charge in [0.25, 0.3) is 5.91 Å². The number of nitrogens with zero attached hydrogens (tertiary/aromatic N) is 1. The first-order chi connectivity index (χ1) is 9.26. The van der Waals surface area contributed by atoms with E-state index >= 15 is 0 Å². The summed E-state index contributed by atoms with van der Waals surface area (Å²) < 4.78 is 0. The number of carbonyl (C=O) groups excluding carboxylic acids is 2. The van der Waals surface area contributed by atoms with Crippen molar-refractivity contribution < 1.29 is 9.59 Å². The highest BCUT2D eigenvalue weighted by molar-refractivity contribution is 5.94. The molecule has 1 aliphatic rings. The second-order valence-corrected chi connectivity index (χ2v) is 4.97. The van der Waals surface area contributed by atoms with Gasteiger partial charge in [-0.15, -0.1) is 6.58 Å². The predicted molar refractivity (Wildman–Crippen MR) is 74.8 cm³/mol. The molecule has 0 spiro atoms. The van der Waals surface area contributed by atoms with Gasteiger partial charge in [-0.3, -0.25) is 4.79 Å². The number of benzene rings is 1. The van der Waals surface area contributed by atoms with Gasteiger partial charge in [0.15, 0.2) is 0 Å². The van der Waals surface area contributed by atoms with Gasteiger partial charge in [-0.05, 0) is 30.4 Å². The van der Waals surface area contributed by atoms with E-state index in [4.69, 9.17) is 0 Å². The largest absolute Gasteiger partial charge is 0.338 e. The van der Waals surface area contributed by atoms with Gasteiger partial charge in [-0.1, -0.05) is 24.3 Å². The normalized spacial score (nSPS) is 22.8. The van der Waals surface area contributed by atoms with Crippen molar-refractivity contribution in [2.45, 2.75) is 12.8 Å². The minimum absolute atomic E-state index is 0.0667. The van der Waals surface area contributed by atoms with Crippen LogP contribution in [-0.2, 0) is 4.79 Å². The zero-order valence-electron chi connectivity index (χ0n) is 11.0. The predicted octanol–water partition coefficient (Wildman–Crippen LogP) is 2.54. The van der Waals surface area contributed by atoms with E-state index in [-0.39, 0.29) is 11.8 Å². The van der Waals surface area contributed by atoms with E-state index in [2.05, 4.69) is 6.58 Å². The molecule has 0 N–H and O–H groups in total. The van der Waals surface area contributed by atoms with E-state index in [1.165, 1.54) is 0 Å². The van der Waals surface area contributed by atoms with Crippen LogP contribution in [0.2, 0.25) is 0 Å². The van der Waals surface area contributed by atoms with Crippen LogP contribution < -0.4 is 0 Å². The highest BCUT2D eigenvalue weighted by Crippen LogP contribution is 2.27. The van der Waals surface area contributed by atoms with Crippen LogP contribution in [-0.4, -0.2) is 30.2 Å². The highest BCUT2D eigenvalue weighted by Gasteiger charge is 2.29. The third-order valence-corrected chi connectivity index (χ3v) is 3.82. The number of rotatable bonds is 4. The molecule has 0 aromatic heterocycles. The molecule has 1 aromatic carbocycles. The lowest BCUT2D eigenvalue weighted by atomic mass is 9.83. The molecule has 0 bridgehead atoms. The zero-order valence-corrected chi connectivity index (χ0v) is 11.0. The fourth-order valence-electron chi connectivity index (χ4n) is 2.66. The minimum atomic E-state index is 0.0667. The summed E-state index contributed by atoms with van der Waals surface area (Å²) in [6.07, 6.45) is 4.27. The van der Waals surface area contributed by atoms with Crippen molar-refractivity contribution in [1.29, 1.82) is 0 Å². The summed E-state index contributed by atoms with van der Waals surface area (Å²) in [5.74, 6) is 0.610. The average molecular weight is 257 g/mol.